The van der Waals surface area contributed by atoms with Crippen molar-refractivity contribution in [3.63, 3.8) is 0 Å². The number of nitrogens with zero attached hydrogens (tertiary/aromatic N) is 1. The van der Waals surface area contributed by atoms with E-state index in [1.54, 1.807) is 12.1 Å². The first kappa shape index (κ1) is 21.3. The SMILES string of the molecule is Cc1cc(C)c2[nH]ccc2c1CN1CCC(CCCO)=C[C@H]1c1ccc(C(=O)O)cc1. The monoisotopic (exact) mass is 418 g/mol. The fourth-order valence-electron chi connectivity index (χ4n) is 4.72. The maximum Gasteiger partial charge on any atom is 0.335 e. The predicted molar refractivity (Wildman–Crippen MR) is 123 cm³/mol. The van der Waals surface area contributed by atoms with Crippen LogP contribution < -0.4 is 0 Å². The molecule has 5 nitrogen and oxygen atoms in total. The van der Waals surface area contributed by atoms with Crippen LogP contribution in [0.2, 0.25) is 0 Å². The highest BCUT2D eigenvalue weighted by Crippen LogP contribution is 2.34. The quantitative estimate of drug-likeness (QED) is 0.465. The average Bonchev–Trinajstić information content (AvgIpc) is 3.26. The Morgan fingerprint density at radius 2 is 1.94 bits per heavy atom. The standard InChI is InChI=1S/C26H30N2O3/c1-17-14-18(2)25-22(9-11-27-25)23(17)16-28-12-10-19(4-3-13-29)15-24(28)20-5-7-21(8-6-20)26(30)31/h5-9,11,14-15,24,27,29H,3-4,10,12-13,16H2,1-2H3,(H,30,31)/t24-/m0/s1. The zero-order valence-electron chi connectivity index (χ0n) is 18.2. The Balaban J connectivity index is 1.69. The molecule has 0 bridgehead atoms. The predicted octanol–water partition coefficient (Wildman–Crippen LogP) is 5.13. The molecule has 31 heavy (non-hydrogen) atoms. The van der Waals surface area contributed by atoms with Crippen molar-refractivity contribution in [2.45, 2.75) is 45.7 Å². The van der Waals surface area contributed by atoms with Gasteiger partial charge in [0.05, 0.1) is 11.6 Å². The summed E-state index contributed by atoms with van der Waals surface area (Å²) in [4.78, 5) is 17.1. The Kier molecular flexibility index (Phi) is 6.25. The number of aromatic amines is 1. The summed E-state index contributed by atoms with van der Waals surface area (Å²) in [6, 6.07) is 11.7. The van der Waals surface area contributed by atoms with Gasteiger partial charge in [-0.2, -0.15) is 0 Å². The van der Waals surface area contributed by atoms with Gasteiger partial charge in [0.25, 0.3) is 0 Å². The lowest BCUT2D eigenvalue weighted by Crippen LogP contribution is -2.32. The minimum Gasteiger partial charge on any atom is -0.478 e. The Bertz CT molecular complexity index is 1110. The van der Waals surface area contributed by atoms with Crippen LogP contribution in [0.15, 0.2) is 54.2 Å². The zero-order chi connectivity index (χ0) is 22.0. The van der Waals surface area contributed by atoms with Crippen molar-refractivity contribution in [1.82, 2.24) is 9.88 Å². The molecule has 4 rings (SSSR count). The van der Waals surface area contributed by atoms with E-state index in [2.05, 4.69) is 41.9 Å². The van der Waals surface area contributed by atoms with Gasteiger partial charge in [-0.3, -0.25) is 4.90 Å². The first-order valence-electron chi connectivity index (χ1n) is 10.9. The number of carboxylic acid groups (broad SMARTS) is 1. The summed E-state index contributed by atoms with van der Waals surface area (Å²) in [5, 5.41) is 19.8. The minimum atomic E-state index is -0.906. The van der Waals surface area contributed by atoms with Gasteiger partial charge in [0.1, 0.15) is 0 Å². The molecule has 0 spiro atoms. The highest BCUT2D eigenvalue weighted by molar-refractivity contribution is 5.88. The van der Waals surface area contributed by atoms with Crippen LogP contribution in [0.25, 0.3) is 10.9 Å². The molecule has 0 fully saturated rings. The fraction of sp³-hybridized carbons (Fsp3) is 0.346. The van der Waals surface area contributed by atoms with Crippen molar-refractivity contribution < 1.29 is 15.0 Å². The topological polar surface area (TPSA) is 76.6 Å². The first-order valence-corrected chi connectivity index (χ1v) is 10.9. The van der Waals surface area contributed by atoms with E-state index in [4.69, 9.17) is 0 Å². The number of H-pyrrole nitrogens is 1. The van der Waals surface area contributed by atoms with Crippen LogP contribution in [0.1, 0.15) is 57.9 Å². The van der Waals surface area contributed by atoms with Gasteiger partial charge in [-0.05, 0) is 73.6 Å². The maximum atomic E-state index is 11.3. The van der Waals surface area contributed by atoms with Gasteiger partial charge in [0.2, 0.25) is 0 Å². The Hall–Kier alpha value is -2.89. The van der Waals surface area contributed by atoms with Crippen molar-refractivity contribution >= 4 is 16.9 Å². The molecular formula is C26H30N2O3. The highest BCUT2D eigenvalue weighted by atomic mass is 16.4. The van der Waals surface area contributed by atoms with Gasteiger partial charge < -0.3 is 15.2 Å². The molecule has 1 aliphatic heterocycles. The molecule has 0 saturated heterocycles. The summed E-state index contributed by atoms with van der Waals surface area (Å²) in [6.07, 6.45) is 6.99. The molecule has 5 heteroatoms. The van der Waals surface area contributed by atoms with Crippen LogP contribution in [0, 0.1) is 13.8 Å². The van der Waals surface area contributed by atoms with E-state index in [0.29, 0.717) is 5.56 Å². The Morgan fingerprint density at radius 1 is 1.16 bits per heavy atom. The molecule has 0 unspecified atom stereocenters. The number of fused-ring (bicyclic) bond motifs is 1. The number of rotatable bonds is 7. The largest absolute Gasteiger partial charge is 0.478 e. The van der Waals surface area contributed by atoms with E-state index in [0.717, 1.165) is 37.9 Å². The number of aliphatic hydroxyl groups excluding tert-OH is 1. The van der Waals surface area contributed by atoms with Crippen LogP contribution in [-0.2, 0) is 6.54 Å². The number of aromatic nitrogens is 1. The second-order valence-corrected chi connectivity index (χ2v) is 8.50. The Morgan fingerprint density at radius 3 is 2.65 bits per heavy atom. The number of nitrogens with one attached hydrogen (secondary N) is 1. The number of benzene rings is 2. The summed E-state index contributed by atoms with van der Waals surface area (Å²) in [6.45, 7) is 6.28. The van der Waals surface area contributed by atoms with Gasteiger partial charge in [-0.15, -0.1) is 0 Å². The fourth-order valence-corrected chi connectivity index (χ4v) is 4.72. The molecule has 3 aromatic rings. The number of hydrogen-bond acceptors (Lipinski definition) is 3. The molecule has 0 saturated carbocycles. The third-order valence-electron chi connectivity index (χ3n) is 6.40. The van der Waals surface area contributed by atoms with E-state index >= 15 is 0 Å². The molecular weight excluding hydrogens is 388 g/mol. The van der Waals surface area contributed by atoms with Crippen molar-refractivity contribution in [2.24, 2.45) is 0 Å². The van der Waals surface area contributed by atoms with E-state index in [-0.39, 0.29) is 12.6 Å². The average molecular weight is 419 g/mol. The van der Waals surface area contributed by atoms with Gasteiger partial charge in [0, 0.05) is 36.8 Å². The van der Waals surface area contributed by atoms with Gasteiger partial charge in [0.15, 0.2) is 0 Å². The molecule has 1 atom stereocenters. The lowest BCUT2D eigenvalue weighted by molar-refractivity contribution is 0.0697. The summed E-state index contributed by atoms with van der Waals surface area (Å²) in [5.74, 6) is -0.906. The van der Waals surface area contributed by atoms with Crippen LogP contribution in [0.3, 0.4) is 0 Å². The van der Waals surface area contributed by atoms with E-state index in [1.807, 2.05) is 18.3 Å². The second kappa shape index (κ2) is 9.08. The summed E-state index contributed by atoms with van der Waals surface area (Å²) in [5.41, 5.74) is 7.84. The van der Waals surface area contributed by atoms with E-state index in [9.17, 15) is 15.0 Å². The smallest absolute Gasteiger partial charge is 0.335 e. The lowest BCUT2D eigenvalue weighted by Gasteiger charge is -2.35. The van der Waals surface area contributed by atoms with E-state index in [1.165, 1.54) is 33.2 Å². The Labute approximate surface area is 183 Å². The number of aliphatic hydroxyl groups is 1. The van der Waals surface area contributed by atoms with Crippen LogP contribution in [-0.4, -0.2) is 39.2 Å². The number of aryl methyl sites for hydroxylation is 2. The van der Waals surface area contributed by atoms with Crippen molar-refractivity contribution in [3.8, 4) is 0 Å². The van der Waals surface area contributed by atoms with E-state index < -0.39 is 5.97 Å². The number of hydrogen-bond donors (Lipinski definition) is 3. The molecule has 1 aliphatic rings. The minimum absolute atomic E-state index is 0.0833. The van der Waals surface area contributed by atoms with Gasteiger partial charge in [-0.1, -0.05) is 29.8 Å². The normalized spacial score (nSPS) is 17.1. The zero-order valence-corrected chi connectivity index (χ0v) is 18.2. The van der Waals surface area contributed by atoms with Gasteiger partial charge >= 0.3 is 5.97 Å². The molecule has 2 aromatic carbocycles. The van der Waals surface area contributed by atoms with Crippen LogP contribution in [0.4, 0.5) is 0 Å². The van der Waals surface area contributed by atoms with Crippen molar-refractivity contribution in [1.29, 1.82) is 0 Å². The molecule has 0 radical (unpaired) electrons. The van der Waals surface area contributed by atoms with Gasteiger partial charge in [-0.25, -0.2) is 4.79 Å². The lowest BCUT2D eigenvalue weighted by atomic mass is 9.92. The third kappa shape index (κ3) is 4.43. The highest BCUT2D eigenvalue weighted by Gasteiger charge is 2.25. The maximum absolute atomic E-state index is 11.3. The van der Waals surface area contributed by atoms with Crippen LogP contribution >= 0.6 is 0 Å². The molecule has 2 heterocycles. The van der Waals surface area contributed by atoms with Crippen molar-refractivity contribution in [3.05, 3.63) is 82.1 Å². The number of carboxylic acids is 1. The summed E-state index contributed by atoms with van der Waals surface area (Å²) < 4.78 is 0. The number of carbonyl (C=O) groups is 1. The first-order chi connectivity index (χ1) is 15.0. The third-order valence-corrected chi connectivity index (χ3v) is 6.40. The number of aromatic carboxylic acids is 1. The van der Waals surface area contributed by atoms with Crippen LogP contribution in [0.5, 0.6) is 0 Å². The second-order valence-electron chi connectivity index (χ2n) is 8.50. The molecule has 3 N–H and O–H groups in total. The molecule has 0 amide bonds. The van der Waals surface area contributed by atoms with Crippen molar-refractivity contribution in [2.75, 3.05) is 13.2 Å². The molecule has 162 valence electrons. The molecule has 0 aliphatic carbocycles. The molecule has 1 aromatic heterocycles. The summed E-state index contributed by atoms with van der Waals surface area (Å²) in [7, 11) is 0. The summed E-state index contributed by atoms with van der Waals surface area (Å²) >= 11 is 0.